The van der Waals surface area contributed by atoms with Gasteiger partial charge in [0.25, 0.3) is 0 Å². The topological polar surface area (TPSA) is 125 Å². The van der Waals surface area contributed by atoms with Gasteiger partial charge in [-0.2, -0.15) is 4.52 Å². The summed E-state index contributed by atoms with van der Waals surface area (Å²) in [7, 11) is 1.70. The van der Waals surface area contributed by atoms with Crippen molar-refractivity contribution in [3.8, 4) is 17.3 Å². The molecule has 1 aromatic carbocycles. The fraction of sp³-hybridized carbons (Fsp3) is 0.235. The first-order valence-corrected chi connectivity index (χ1v) is 9.82. The lowest BCUT2D eigenvalue weighted by atomic mass is 10.2. The van der Waals surface area contributed by atoms with E-state index in [0.29, 0.717) is 34.6 Å². The van der Waals surface area contributed by atoms with Crippen molar-refractivity contribution in [3.05, 3.63) is 42.2 Å². The van der Waals surface area contributed by atoms with E-state index in [1.165, 1.54) is 33.1 Å². The Hall–Kier alpha value is -3.61. The van der Waals surface area contributed by atoms with E-state index in [4.69, 9.17) is 4.74 Å². The number of amides is 1. The number of aromatic nitrogens is 8. The van der Waals surface area contributed by atoms with Crippen LogP contribution in [0.4, 0.5) is 4.39 Å². The summed E-state index contributed by atoms with van der Waals surface area (Å²) in [6.45, 7) is 0.521. The third-order valence-corrected chi connectivity index (χ3v) is 4.92. The van der Waals surface area contributed by atoms with Crippen molar-refractivity contribution in [2.24, 2.45) is 7.05 Å². The Morgan fingerprint density at radius 1 is 1.23 bits per heavy atom. The Bertz CT molecular complexity index is 1180. The van der Waals surface area contributed by atoms with Crippen LogP contribution in [0.5, 0.6) is 5.88 Å². The van der Waals surface area contributed by atoms with E-state index in [1.54, 1.807) is 31.3 Å². The molecule has 4 rings (SSSR count). The van der Waals surface area contributed by atoms with E-state index in [0.717, 1.165) is 0 Å². The van der Waals surface area contributed by atoms with E-state index >= 15 is 0 Å². The molecule has 0 aliphatic heterocycles. The van der Waals surface area contributed by atoms with Gasteiger partial charge in [0.15, 0.2) is 11.5 Å². The van der Waals surface area contributed by atoms with E-state index in [2.05, 4.69) is 36.1 Å². The molecule has 0 aliphatic carbocycles. The van der Waals surface area contributed by atoms with Gasteiger partial charge in [0.1, 0.15) is 12.4 Å². The molecule has 0 aliphatic rings. The molecular formula is C17H16FN9O2S. The number of carbonyl (C=O) groups is 1. The molecule has 3 aromatic heterocycles. The Labute approximate surface area is 173 Å². The zero-order valence-corrected chi connectivity index (χ0v) is 16.6. The molecule has 1 N–H and O–H groups in total. The summed E-state index contributed by atoms with van der Waals surface area (Å²) in [6.07, 6.45) is 0. The van der Waals surface area contributed by atoms with Crippen LogP contribution in [0.2, 0.25) is 0 Å². The third kappa shape index (κ3) is 4.51. The van der Waals surface area contributed by atoms with Crippen LogP contribution >= 0.6 is 11.8 Å². The highest BCUT2D eigenvalue weighted by Crippen LogP contribution is 2.19. The lowest BCUT2D eigenvalue weighted by Gasteiger charge is -2.07. The maximum absolute atomic E-state index is 13.5. The number of nitrogens with zero attached hydrogens (tertiary/aromatic N) is 8. The van der Waals surface area contributed by atoms with Gasteiger partial charge in [0.05, 0.1) is 12.3 Å². The van der Waals surface area contributed by atoms with Crippen molar-refractivity contribution < 1.29 is 13.9 Å². The summed E-state index contributed by atoms with van der Waals surface area (Å²) < 4.78 is 22.1. The van der Waals surface area contributed by atoms with Crippen molar-refractivity contribution in [1.82, 2.24) is 45.3 Å². The predicted molar refractivity (Wildman–Crippen MR) is 104 cm³/mol. The average Bonchev–Trinajstić information content (AvgIpc) is 3.35. The highest BCUT2D eigenvalue weighted by Gasteiger charge is 2.11. The maximum atomic E-state index is 13.5. The van der Waals surface area contributed by atoms with E-state index in [-0.39, 0.29) is 24.1 Å². The molecule has 3 heterocycles. The fourth-order valence-electron chi connectivity index (χ4n) is 2.53. The maximum Gasteiger partial charge on any atom is 0.231 e. The molecule has 0 saturated heterocycles. The van der Waals surface area contributed by atoms with Gasteiger partial charge in [-0.15, -0.1) is 20.4 Å². The van der Waals surface area contributed by atoms with E-state index in [9.17, 15) is 9.18 Å². The van der Waals surface area contributed by atoms with Gasteiger partial charge in [-0.05, 0) is 28.6 Å². The first-order chi connectivity index (χ1) is 14.6. The van der Waals surface area contributed by atoms with Gasteiger partial charge in [-0.25, -0.2) is 9.07 Å². The molecular weight excluding hydrogens is 413 g/mol. The van der Waals surface area contributed by atoms with Crippen molar-refractivity contribution in [2.45, 2.75) is 5.16 Å². The lowest BCUT2D eigenvalue weighted by molar-refractivity contribution is -0.118. The van der Waals surface area contributed by atoms with Crippen molar-refractivity contribution in [2.75, 3.05) is 18.9 Å². The van der Waals surface area contributed by atoms with Gasteiger partial charge in [-0.3, -0.25) is 4.79 Å². The van der Waals surface area contributed by atoms with Crippen LogP contribution in [0.25, 0.3) is 17.0 Å². The number of thioether (sulfide) groups is 1. The summed E-state index contributed by atoms with van der Waals surface area (Å²) in [5.41, 5.74) is 1.06. The number of carbonyl (C=O) groups excluding carboxylic acids is 1. The van der Waals surface area contributed by atoms with Gasteiger partial charge in [0, 0.05) is 18.7 Å². The molecule has 1 amide bonds. The monoisotopic (exact) mass is 429 g/mol. The first-order valence-electron chi connectivity index (χ1n) is 8.83. The van der Waals surface area contributed by atoms with Gasteiger partial charge < -0.3 is 10.1 Å². The molecule has 0 radical (unpaired) electrons. The minimum absolute atomic E-state index is 0.165. The zero-order valence-electron chi connectivity index (χ0n) is 15.8. The molecule has 0 fully saturated rings. The van der Waals surface area contributed by atoms with Crippen LogP contribution in [0.3, 0.4) is 0 Å². The van der Waals surface area contributed by atoms with Gasteiger partial charge >= 0.3 is 0 Å². The van der Waals surface area contributed by atoms with Crippen LogP contribution in [0.1, 0.15) is 0 Å². The molecule has 154 valence electrons. The van der Waals surface area contributed by atoms with Crippen LogP contribution in [-0.2, 0) is 11.8 Å². The number of hydrogen-bond acceptors (Lipinski definition) is 9. The molecule has 0 bridgehead atoms. The van der Waals surface area contributed by atoms with Crippen LogP contribution in [0.15, 0.2) is 41.6 Å². The molecule has 30 heavy (non-hydrogen) atoms. The summed E-state index contributed by atoms with van der Waals surface area (Å²) >= 11 is 1.24. The number of fused-ring (bicyclic) bond motifs is 1. The highest BCUT2D eigenvalue weighted by molar-refractivity contribution is 7.99. The Kier molecular flexibility index (Phi) is 5.79. The third-order valence-electron chi connectivity index (χ3n) is 3.91. The molecule has 11 nitrogen and oxygen atoms in total. The van der Waals surface area contributed by atoms with Crippen molar-refractivity contribution in [3.63, 3.8) is 0 Å². The quantitative estimate of drug-likeness (QED) is 0.319. The molecule has 13 heteroatoms. The van der Waals surface area contributed by atoms with E-state index in [1.807, 2.05) is 0 Å². The summed E-state index contributed by atoms with van der Waals surface area (Å²) in [5.74, 6) is 0.381. The summed E-state index contributed by atoms with van der Waals surface area (Å²) in [4.78, 5) is 11.9. The fourth-order valence-corrected chi connectivity index (χ4v) is 3.21. The number of nitrogens with one attached hydrogen (secondary N) is 1. The average molecular weight is 429 g/mol. The smallest absolute Gasteiger partial charge is 0.231 e. The number of rotatable bonds is 8. The number of halogens is 1. The Morgan fingerprint density at radius 3 is 2.93 bits per heavy atom. The molecule has 4 aromatic rings. The largest absolute Gasteiger partial charge is 0.475 e. The van der Waals surface area contributed by atoms with Gasteiger partial charge in [-0.1, -0.05) is 23.9 Å². The molecule has 0 spiro atoms. The molecule has 0 atom stereocenters. The minimum Gasteiger partial charge on any atom is -0.475 e. The van der Waals surface area contributed by atoms with Crippen molar-refractivity contribution >= 4 is 23.3 Å². The predicted octanol–water partition coefficient (Wildman–Crippen LogP) is 0.741. The number of tetrazole rings is 1. The summed E-state index contributed by atoms with van der Waals surface area (Å²) in [5, 5.41) is 26.8. The second-order valence-corrected chi connectivity index (χ2v) is 6.99. The number of aryl methyl sites for hydroxylation is 1. The standard InChI is InChI=1S/C17H16FN9O2S/c1-26-17(22-24-25-26)30-10-14(28)19-7-8-29-15-6-5-13-20-21-16(27(13)23-15)11-3-2-4-12(18)9-11/h2-6,9H,7-8,10H2,1H3,(H,19,28). The SMILES string of the molecule is Cn1nnnc1SCC(=O)NCCOc1ccc2nnc(-c3cccc(F)c3)n2n1. The number of ether oxygens (including phenoxy) is 1. The zero-order chi connectivity index (χ0) is 20.9. The van der Waals surface area contributed by atoms with E-state index < -0.39 is 0 Å². The molecule has 0 saturated carbocycles. The van der Waals surface area contributed by atoms with Gasteiger partial charge in [0.2, 0.25) is 16.9 Å². The second kappa shape index (κ2) is 8.82. The van der Waals surface area contributed by atoms with Crippen molar-refractivity contribution in [1.29, 1.82) is 0 Å². The minimum atomic E-state index is -0.374. The Morgan fingerprint density at radius 2 is 2.13 bits per heavy atom. The normalized spacial score (nSPS) is 11.0. The second-order valence-electron chi connectivity index (χ2n) is 6.05. The van der Waals surface area contributed by atoms with Crippen LogP contribution in [0, 0.1) is 5.82 Å². The first kappa shape index (κ1) is 19.7. The lowest BCUT2D eigenvalue weighted by Crippen LogP contribution is -2.29. The summed E-state index contributed by atoms with van der Waals surface area (Å²) in [6, 6.07) is 9.37. The number of hydrogen-bond donors (Lipinski definition) is 1. The van der Waals surface area contributed by atoms with Crippen LogP contribution < -0.4 is 10.1 Å². The highest BCUT2D eigenvalue weighted by atomic mass is 32.2. The number of benzene rings is 1. The Balaban J connectivity index is 1.31. The molecule has 0 unspecified atom stereocenters. The van der Waals surface area contributed by atoms with Crippen LogP contribution in [-0.4, -0.2) is 64.8 Å².